The van der Waals surface area contributed by atoms with Gasteiger partial charge in [0, 0.05) is 13.0 Å². The number of unbranched alkanes of at least 4 members (excludes halogenated alkanes) is 4. The average Bonchev–Trinajstić information content (AvgIpc) is 2.46. The average molecular weight is 282 g/mol. The third-order valence-corrected chi connectivity index (χ3v) is 2.90. The fourth-order valence-electron chi connectivity index (χ4n) is 1.70. The molecule has 0 unspecified atom stereocenters. The molecule has 0 aliphatic heterocycles. The highest BCUT2D eigenvalue weighted by Gasteiger charge is 2.00. The molecule has 0 atom stereocenters. The minimum Gasteiger partial charge on any atom is -0.466 e. The van der Waals surface area contributed by atoms with Crippen molar-refractivity contribution in [3.05, 3.63) is 24.3 Å². The van der Waals surface area contributed by atoms with Crippen LogP contribution in [-0.2, 0) is 9.53 Å². The SMILES string of the molecule is CCCCC/C=C\C/C=C\CCCOC(=O)CCCO. The van der Waals surface area contributed by atoms with Crippen molar-refractivity contribution >= 4 is 5.97 Å². The quantitative estimate of drug-likeness (QED) is 0.313. The molecule has 3 heteroatoms. The predicted octanol–water partition coefficient (Wildman–Crippen LogP) is 4.17. The molecule has 0 rings (SSSR count). The van der Waals surface area contributed by atoms with Crippen LogP contribution in [0.1, 0.15) is 64.7 Å². The van der Waals surface area contributed by atoms with Gasteiger partial charge in [-0.3, -0.25) is 4.79 Å². The summed E-state index contributed by atoms with van der Waals surface area (Å²) in [5, 5.41) is 8.57. The third-order valence-electron chi connectivity index (χ3n) is 2.90. The van der Waals surface area contributed by atoms with Crippen molar-refractivity contribution in [1.82, 2.24) is 0 Å². The molecule has 0 bridgehead atoms. The largest absolute Gasteiger partial charge is 0.466 e. The van der Waals surface area contributed by atoms with Crippen molar-refractivity contribution in [3.8, 4) is 0 Å². The molecule has 0 amide bonds. The summed E-state index contributed by atoms with van der Waals surface area (Å²) in [6, 6.07) is 0. The molecular formula is C17H30O3. The van der Waals surface area contributed by atoms with Crippen LogP contribution >= 0.6 is 0 Å². The van der Waals surface area contributed by atoms with Gasteiger partial charge in [-0.05, 0) is 38.5 Å². The fourth-order valence-corrected chi connectivity index (χ4v) is 1.70. The molecule has 0 aromatic carbocycles. The summed E-state index contributed by atoms with van der Waals surface area (Å²) in [6.07, 6.45) is 17.4. The van der Waals surface area contributed by atoms with E-state index in [-0.39, 0.29) is 12.6 Å². The molecule has 0 saturated carbocycles. The first-order valence-electron chi connectivity index (χ1n) is 7.87. The first-order chi connectivity index (χ1) is 9.81. The molecule has 1 N–H and O–H groups in total. The second-order valence-corrected chi connectivity index (χ2v) is 4.86. The molecule has 0 fully saturated rings. The Hall–Kier alpha value is -1.09. The molecule has 0 aliphatic rings. The van der Waals surface area contributed by atoms with Gasteiger partial charge < -0.3 is 9.84 Å². The van der Waals surface area contributed by atoms with Gasteiger partial charge in [0.05, 0.1) is 6.61 Å². The number of aliphatic hydroxyl groups is 1. The van der Waals surface area contributed by atoms with Crippen molar-refractivity contribution in [2.24, 2.45) is 0 Å². The Morgan fingerprint density at radius 2 is 1.70 bits per heavy atom. The standard InChI is InChI=1S/C17H30O3/c1-2-3-4-5-6-7-8-9-10-11-12-16-20-17(19)14-13-15-18/h6-7,9-10,18H,2-5,8,11-16H2,1H3/b7-6-,10-9-. The van der Waals surface area contributed by atoms with Crippen molar-refractivity contribution in [1.29, 1.82) is 0 Å². The van der Waals surface area contributed by atoms with E-state index in [1.807, 2.05) is 0 Å². The molecule has 3 nitrogen and oxygen atoms in total. The number of hydrogen-bond acceptors (Lipinski definition) is 3. The number of ether oxygens (including phenoxy) is 1. The van der Waals surface area contributed by atoms with Gasteiger partial charge in [0.2, 0.25) is 0 Å². The molecule has 0 aromatic rings. The Morgan fingerprint density at radius 3 is 2.35 bits per heavy atom. The van der Waals surface area contributed by atoms with E-state index in [1.165, 1.54) is 25.7 Å². The molecule has 0 heterocycles. The number of carbonyl (C=O) groups is 1. The van der Waals surface area contributed by atoms with Gasteiger partial charge in [0.1, 0.15) is 0 Å². The van der Waals surface area contributed by atoms with Gasteiger partial charge >= 0.3 is 5.97 Å². The summed E-state index contributed by atoms with van der Waals surface area (Å²) in [4.78, 5) is 11.1. The maximum atomic E-state index is 11.1. The van der Waals surface area contributed by atoms with Gasteiger partial charge in [-0.15, -0.1) is 0 Å². The lowest BCUT2D eigenvalue weighted by molar-refractivity contribution is -0.144. The molecule has 0 aliphatic carbocycles. The molecule has 0 radical (unpaired) electrons. The number of allylic oxidation sites excluding steroid dienone is 4. The van der Waals surface area contributed by atoms with E-state index >= 15 is 0 Å². The minimum absolute atomic E-state index is 0.0454. The zero-order valence-electron chi connectivity index (χ0n) is 12.9. The van der Waals surface area contributed by atoms with Gasteiger partial charge in [0.15, 0.2) is 0 Å². The lowest BCUT2D eigenvalue weighted by Crippen LogP contribution is -2.06. The molecule has 0 aromatic heterocycles. The van der Waals surface area contributed by atoms with E-state index in [2.05, 4.69) is 31.2 Å². The normalized spacial score (nSPS) is 11.5. The number of aliphatic hydroxyl groups excluding tert-OH is 1. The van der Waals surface area contributed by atoms with Crippen LogP contribution in [0.15, 0.2) is 24.3 Å². The smallest absolute Gasteiger partial charge is 0.305 e. The van der Waals surface area contributed by atoms with E-state index < -0.39 is 0 Å². The summed E-state index contributed by atoms with van der Waals surface area (Å²) in [7, 11) is 0. The number of carbonyl (C=O) groups excluding carboxylic acids is 1. The van der Waals surface area contributed by atoms with Crippen LogP contribution in [0, 0.1) is 0 Å². The maximum Gasteiger partial charge on any atom is 0.305 e. The van der Waals surface area contributed by atoms with E-state index in [0.717, 1.165) is 19.3 Å². The highest BCUT2D eigenvalue weighted by Crippen LogP contribution is 2.01. The number of esters is 1. The highest BCUT2D eigenvalue weighted by molar-refractivity contribution is 5.69. The molecular weight excluding hydrogens is 252 g/mol. The summed E-state index contributed by atoms with van der Waals surface area (Å²) in [5.74, 6) is -0.210. The maximum absolute atomic E-state index is 11.1. The Balaban J connectivity index is 3.29. The minimum atomic E-state index is -0.210. The van der Waals surface area contributed by atoms with Crippen LogP contribution in [-0.4, -0.2) is 24.3 Å². The Morgan fingerprint density at radius 1 is 1.00 bits per heavy atom. The molecule has 20 heavy (non-hydrogen) atoms. The van der Waals surface area contributed by atoms with Gasteiger partial charge in [-0.25, -0.2) is 0 Å². The zero-order chi connectivity index (χ0) is 14.9. The third kappa shape index (κ3) is 15.0. The lowest BCUT2D eigenvalue weighted by atomic mass is 10.2. The first kappa shape index (κ1) is 18.9. The summed E-state index contributed by atoms with van der Waals surface area (Å²) < 4.78 is 5.03. The number of rotatable bonds is 13. The fraction of sp³-hybridized carbons (Fsp3) is 0.706. The van der Waals surface area contributed by atoms with Crippen LogP contribution in [0.25, 0.3) is 0 Å². The molecule has 116 valence electrons. The van der Waals surface area contributed by atoms with E-state index in [0.29, 0.717) is 19.4 Å². The molecule has 0 spiro atoms. The van der Waals surface area contributed by atoms with Crippen molar-refractivity contribution in [2.45, 2.75) is 64.7 Å². The Labute approximate surface area is 123 Å². The Bertz CT molecular complexity index is 269. The monoisotopic (exact) mass is 282 g/mol. The van der Waals surface area contributed by atoms with Crippen LogP contribution in [0.2, 0.25) is 0 Å². The van der Waals surface area contributed by atoms with Gasteiger partial charge in [0.25, 0.3) is 0 Å². The summed E-state index contributed by atoms with van der Waals surface area (Å²) in [5.41, 5.74) is 0. The lowest BCUT2D eigenvalue weighted by Gasteiger charge is -2.02. The number of hydrogen-bond donors (Lipinski definition) is 1. The van der Waals surface area contributed by atoms with Crippen molar-refractivity contribution in [3.63, 3.8) is 0 Å². The predicted molar refractivity (Wildman–Crippen MR) is 83.6 cm³/mol. The van der Waals surface area contributed by atoms with Gasteiger partial charge in [-0.1, -0.05) is 44.1 Å². The van der Waals surface area contributed by atoms with Crippen molar-refractivity contribution < 1.29 is 14.6 Å². The Kier molecular flexibility index (Phi) is 15.1. The highest BCUT2D eigenvalue weighted by atomic mass is 16.5. The molecule has 0 saturated heterocycles. The summed E-state index contributed by atoms with van der Waals surface area (Å²) in [6.45, 7) is 2.74. The van der Waals surface area contributed by atoms with E-state index in [4.69, 9.17) is 9.84 Å². The van der Waals surface area contributed by atoms with Crippen LogP contribution in [0.3, 0.4) is 0 Å². The first-order valence-corrected chi connectivity index (χ1v) is 7.87. The zero-order valence-corrected chi connectivity index (χ0v) is 12.9. The van der Waals surface area contributed by atoms with E-state index in [1.54, 1.807) is 0 Å². The van der Waals surface area contributed by atoms with Crippen LogP contribution < -0.4 is 0 Å². The van der Waals surface area contributed by atoms with Crippen LogP contribution in [0.4, 0.5) is 0 Å². The second-order valence-electron chi connectivity index (χ2n) is 4.86. The van der Waals surface area contributed by atoms with Crippen molar-refractivity contribution in [2.75, 3.05) is 13.2 Å². The van der Waals surface area contributed by atoms with Crippen LogP contribution in [0.5, 0.6) is 0 Å². The summed E-state index contributed by atoms with van der Waals surface area (Å²) >= 11 is 0. The topological polar surface area (TPSA) is 46.5 Å². The van der Waals surface area contributed by atoms with E-state index in [9.17, 15) is 4.79 Å². The second kappa shape index (κ2) is 16.0. The van der Waals surface area contributed by atoms with Gasteiger partial charge in [-0.2, -0.15) is 0 Å².